The number of ether oxygens (including phenoxy) is 2. The first-order chi connectivity index (χ1) is 29.8. The van der Waals surface area contributed by atoms with Crippen molar-refractivity contribution in [3.05, 3.63) is 59.3 Å². The average molecular weight is 858 g/mol. The summed E-state index contributed by atoms with van der Waals surface area (Å²) in [6, 6.07) is 8.95. The molecule has 2 saturated heterocycles. The Bertz CT molecular complexity index is 2280. The van der Waals surface area contributed by atoms with Crippen molar-refractivity contribution in [2.75, 3.05) is 55.5 Å². The molecule has 62 heavy (non-hydrogen) atoms. The number of imide groups is 1. The Morgan fingerprint density at radius 3 is 2.50 bits per heavy atom. The van der Waals surface area contributed by atoms with Crippen LogP contribution >= 0.6 is 0 Å². The predicted octanol–water partition coefficient (Wildman–Crippen LogP) is 3.93. The predicted molar refractivity (Wildman–Crippen MR) is 221 cm³/mol. The third-order valence-electron chi connectivity index (χ3n) is 12.4. The highest BCUT2D eigenvalue weighted by atomic mass is 19.3. The zero-order valence-corrected chi connectivity index (χ0v) is 34.6. The number of carbonyl (C=O) groups is 6. The molecule has 3 N–H and O–H groups in total. The van der Waals surface area contributed by atoms with E-state index in [0.29, 0.717) is 79.1 Å². The highest BCUT2D eigenvalue weighted by Crippen LogP contribution is 2.40. The highest BCUT2D eigenvalue weighted by molar-refractivity contribution is 6.06. The molecule has 5 aliphatic rings. The molecule has 1 aromatic heterocycles. The van der Waals surface area contributed by atoms with Crippen molar-refractivity contribution in [1.82, 2.24) is 30.4 Å². The lowest BCUT2D eigenvalue weighted by Crippen LogP contribution is -2.52. The lowest BCUT2D eigenvalue weighted by Gasteiger charge is -2.32. The second kappa shape index (κ2) is 17.5. The number of methoxy groups -OCH3 is 1. The Morgan fingerprint density at radius 2 is 1.76 bits per heavy atom. The maximum absolute atomic E-state index is 15.0. The molecule has 5 heterocycles. The van der Waals surface area contributed by atoms with Gasteiger partial charge in [-0.3, -0.25) is 34.1 Å². The third-order valence-corrected chi connectivity index (χ3v) is 12.4. The van der Waals surface area contributed by atoms with E-state index in [1.165, 1.54) is 30.2 Å². The van der Waals surface area contributed by atoms with Gasteiger partial charge in [-0.05, 0) is 68.9 Å². The van der Waals surface area contributed by atoms with E-state index in [1.54, 1.807) is 41.3 Å². The van der Waals surface area contributed by atoms with Crippen molar-refractivity contribution < 1.29 is 47.0 Å². The van der Waals surface area contributed by atoms with E-state index in [4.69, 9.17) is 9.47 Å². The van der Waals surface area contributed by atoms with Gasteiger partial charge in [0.05, 0.1) is 38.7 Å². The summed E-state index contributed by atoms with van der Waals surface area (Å²) in [6.45, 7) is 0.617. The lowest BCUT2D eigenvalue weighted by molar-refractivity contribution is -0.140. The number of alkyl halides is 2. The van der Waals surface area contributed by atoms with Crippen LogP contribution in [0.15, 0.2) is 42.6 Å². The molecule has 1 unspecified atom stereocenters. The van der Waals surface area contributed by atoms with Crippen LogP contribution in [0.1, 0.15) is 90.5 Å². The topological polar surface area (TPSA) is 196 Å². The molecule has 1 atom stereocenters. The van der Waals surface area contributed by atoms with E-state index in [-0.39, 0.29) is 85.6 Å². The van der Waals surface area contributed by atoms with Crippen molar-refractivity contribution in [2.45, 2.75) is 94.8 Å². The van der Waals surface area contributed by atoms with Gasteiger partial charge in [-0.15, -0.1) is 0 Å². The number of amides is 6. The molecule has 4 aliphatic heterocycles. The van der Waals surface area contributed by atoms with Crippen molar-refractivity contribution in [3.63, 3.8) is 0 Å². The van der Waals surface area contributed by atoms with E-state index < -0.39 is 30.3 Å². The average Bonchev–Trinajstić information content (AvgIpc) is 3.91. The Hall–Kier alpha value is -6.40. The zero-order valence-electron chi connectivity index (χ0n) is 34.6. The number of halogens is 2. The van der Waals surface area contributed by atoms with Crippen molar-refractivity contribution in [1.29, 1.82) is 0 Å². The Balaban J connectivity index is 0.813. The number of benzene rings is 2. The maximum Gasteiger partial charge on any atom is 0.342 e. The number of hydrogen-bond acceptors (Lipinski definition) is 12. The number of piperidine rings is 2. The van der Waals surface area contributed by atoms with Crippen LogP contribution in [0.2, 0.25) is 0 Å². The summed E-state index contributed by atoms with van der Waals surface area (Å²) >= 11 is 0. The van der Waals surface area contributed by atoms with Gasteiger partial charge in [-0.25, -0.2) is 4.98 Å². The normalized spacial score (nSPS) is 20.4. The first-order valence-electron chi connectivity index (χ1n) is 21.0. The molecule has 0 radical (unpaired) electrons. The van der Waals surface area contributed by atoms with Gasteiger partial charge in [-0.2, -0.15) is 13.8 Å². The fourth-order valence-electron chi connectivity index (χ4n) is 8.96. The summed E-state index contributed by atoms with van der Waals surface area (Å²) in [5.41, 5.74) is 2.12. The van der Waals surface area contributed by atoms with Gasteiger partial charge in [0.1, 0.15) is 23.2 Å². The van der Waals surface area contributed by atoms with Gasteiger partial charge in [0, 0.05) is 61.8 Å². The number of nitrogens with one attached hydrogen (secondary N) is 3. The van der Waals surface area contributed by atoms with Crippen molar-refractivity contribution in [3.8, 4) is 11.5 Å². The molecule has 8 rings (SSSR count). The van der Waals surface area contributed by atoms with E-state index in [1.807, 2.05) is 0 Å². The number of aromatic nitrogens is 2. The summed E-state index contributed by atoms with van der Waals surface area (Å²) in [5.74, 6) is -5.15. The van der Waals surface area contributed by atoms with Gasteiger partial charge in [-0.1, -0.05) is 18.9 Å². The summed E-state index contributed by atoms with van der Waals surface area (Å²) < 4.78 is 41.7. The van der Waals surface area contributed by atoms with E-state index in [2.05, 4.69) is 25.9 Å². The summed E-state index contributed by atoms with van der Waals surface area (Å²) in [7, 11) is 2.75. The van der Waals surface area contributed by atoms with E-state index in [9.17, 15) is 28.8 Å². The first-order valence-corrected chi connectivity index (χ1v) is 21.0. The third kappa shape index (κ3) is 8.56. The van der Waals surface area contributed by atoms with Gasteiger partial charge >= 0.3 is 5.92 Å². The lowest BCUT2D eigenvalue weighted by atomic mass is 10.0. The van der Waals surface area contributed by atoms with Gasteiger partial charge in [0.15, 0.2) is 5.82 Å². The quantitative estimate of drug-likeness (QED) is 0.176. The number of carbonyl (C=O) groups excluding carboxylic acids is 6. The second-order valence-corrected chi connectivity index (χ2v) is 16.3. The van der Waals surface area contributed by atoms with Crippen LogP contribution in [0.5, 0.6) is 11.5 Å². The smallest absolute Gasteiger partial charge is 0.342 e. The molecule has 0 spiro atoms. The Morgan fingerprint density at radius 1 is 0.984 bits per heavy atom. The molecule has 6 amide bonds. The standard InChI is InChI=1S/C43H49F2N9O8/c1-51-32-22-46-42(50-37(32)54(27-7-3-4-8-27)24-43(44,45)41(51)60)48-30-13-12-25(21-34(30)61-2)38(57)47-26-16-18-52(19-17-26)36(56)11-6-20-62-33-10-5-9-28-29(33)23-53(40(28)59)31-14-15-35(55)49-39(31)58/h5,9-10,12-13,21-22,26-27,31H,3-4,6-8,11,14-20,23-24H2,1-2H3,(H,47,57)(H,46,48,50)(H,49,55,58). The molecule has 0 bridgehead atoms. The monoisotopic (exact) mass is 857 g/mol. The van der Waals surface area contributed by atoms with Gasteiger partial charge < -0.3 is 39.7 Å². The van der Waals surface area contributed by atoms with Crippen LogP contribution in [-0.4, -0.2) is 120 Å². The molecule has 3 fully saturated rings. The fourth-order valence-corrected chi connectivity index (χ4v) is 8.96. The Labute approximate surface area is 356 Å². The minimum absolute atomic E-state index is 0.0214. The number of fused-ring (bicyclic) bond motifs is 2. The first kappa shape index (κ1) is 42.3. The molecular weight excluding hydrogens is 809 g/mol. The highest BCUT2D eigenvalue weighted by Gasteiger charge is 2.49. The molecule has 328 valence electrons. The van der Waals surface area contributed by atoms with Crippen LogP contribution in [-0.2, 0) is 25.7 Å². The van der Waals surface area contributed by atoms with Crippen LogP contribution in [0.4, 0.5) is 31.9 Å². The number of nitrogens with zero attached hydrogens (tertiary/aromatic N) is 6. The molecular formula is C43H49F2N9O8. The van der Waals surface area contributed by atoms with Crippen molar-refractivity contribution in [2.24, 2.45) is 0 Å². The second-order valence-electron chi connectivity index (χ2n) is 16.3. The summed E-state index contributed by atoms with van der Waals surface area (Å²) in [5, 5.41) is 8.46. The van der Waals surface area contributed by atoms with Crippen molar-refractivity contribution >= 4 is 58.6 Å². The number of anilines is 4. The van der Waals surface area contributed by atoms with Gasteiger partial charge in [0.2, 0.25) is 23.7 Å². The Kier molecular flexibility index (Phi) is 12.0. The largest absolute Gasteiger partial charge is 0.495 e. The molecule has 2 aromatic carbocycles. The number of rotatable bonds is 12. The summed E-state index contributed by atoms with van der Waals surface area (Å²) in [6.07, 6.45) is 6.87. The van der Waals surface area contributed by atoms with Gasteiger partial charge in [0.25, 0.3) is 17.7 Å². The minimum Gasteiger partial charge on any atom is -0.495 e. The fraction of sp³-hybridized carbons (Fsp3) is 0.488. The molecule has 3 aromatic rings. The minimum atomic E-state index is -3.60. The molecule has 19 heteroatoms. The van der Waals surface area contributed by atoms with Crippen LogP contribution < -0.4 is 35.2 Å². The zero-order chi connectivity index (χ0) is 43.7. The van der Waals surface area contributed by atoms with E-state index in [0.717, 1.165) is 17.7 Å². The summed E-state index contributed by atoms with van der Waals surface area (Å²) in [4.78, 5) is 90.9. The SMILES string of the molecule is COc1cc(C(=O)NC2CCN(C(=O)CCCOc3cccc4c3CN(C3CCC(=O)NC3=O)C4=O)CC2)ccc1Nc1ncc2c(n1)N(C1CCCC1)CC(F)(F)C(=O)N2C. The number of hydrogen-bond donors (Lipinski definition) is 3. The molecule has 17 nitrogen and oxygen atoms in total. The van der Waals surface area contributed by atoms with Crippen LogP contribution in [0, 0.1) is 0 Å². The van der Waals surface area contributed by atoms with Crippen LogP contribution in [0.3, 0.4) is 0 Å². The van der Waals surface area contributed by atoms with E-state index >= 15 is 8.78 Å². The molecule has 1 saturated carbocycles. The number of likely N-dealkylation sites (tertiary alicyclic amines) is 1. The van der Waals surface area contributed by atoms with Crippen LogP contribution in [0.25, 0.3) is 0 Å². The maximum atomic E-state index is 15.0. The molecule has 1 aliphatic carbocycles.